The summed E-state index contributed by atoms with van der Waals surface area (Å²) in [7, 11) is 0. The van der Waals surface area contributed by atoms with Crippen LogP contribution in [0.4, 0.5) is 4.79 Å². The molecule has 1 aliphatic heterocycles. The maximum absolute atomic E-state index is 11.6. The molecule has 1 unspecified atom stereocenters. The van der Waals surface area contributed by atoms with Crippen LogP contribution in [0, 0.1) is 0 Å². The molecular formula is C13H25N3O3. The summed E-state index contributed by atoms with van der Waals surface area (Å²) in [4.78, 5) is 24.8. The molecule has 1 saturated heterocycles. The van der Waals surface area contributed by atoms with E-state index in [1.807, 2.05) is 25.7 Å². The molecule has 1 aliphatic rings. The van der Waals surface area contributed by atoms with Gasteiger partial charge in [0.1, 0.15) is 5.60 Å². The maximum atomic E-state index is 11.6. The molecule has 6 heteroatoms. The van der Waals surface area contributed by atoms with Gasteiger partial charge in [-0.3, -0.25) is 4.79 Å². The monoisotopic (exact) mass is 271 g/mol. The number of nitrogens with zero attached hydrogens (tertiary/aromatic N) is 1. The molecule has 0 saturated carbocycles. The number of alkyl carbamates (subject to hydrolysis) is 1. The van der Waals surface area contributed by atoms with Crippen LogP contribution in [-0.2, 0) is 9.53 Å². The Morgan fingerprint density at radius 1 is 1.53 bits per heavy atom. The molecule has 3 N–H and O–H groups in total. The fraction of sp³-hybridized carbons (Fsp3) is 0.846. The summed E-state index contributed by atoms with van der Waals surface area (Å²) >= 11 is 0. The van der Waals surface area contributed by atoms with Gasteiger partial charge in [-0.05, 0) is 33.6 Å². The lowest BCUT2D eigenvalue weighted by Crippen LogP contribution is -2.40. The van der Waals surface area contributed by atoms with Crippen molar-refractivity contribution in [2.24, 2.45) is 5.73 Å². The van der Waals surface area contributed by atoms with E-state index in [4.69, 9.17) is 10.5 Å². The highest BCUT2D eigenvalue weighted by Gasteiger charge is 2.29. The molecule has 0 radical (unpaired) electrons. The van der Waals surface area contributed by atoms with Gasteiger partial charge in [0, 0.05) is 32.1 Å². The first-order chi connectivity index (χ1) is 8.83. The molecule has 1 rings (SSSR count). The molecule has 6 nitrogen and oxygen atoms in total. The summed E-state index contributed by atoms with van der Waals surface area (Å²) < 4.78 is 5.12. The molecule has 1 atom stereocenters. The van der Waals surface area contributed by atoms with Gasteiger partial charge >= 0.3 is 6.09 Å². The molecule has 0 aromatic rings. The molecule has 0 aliphatic carbocycles. The number of carbonyl (C=O) groups is 2. The number of likely N-dealkylation sites (tertiary alicyclic amines) is 1. The van der Waals surface area contributed by atoms with Gasteiger partial charge < -0.3 is 20.7 Å². The van der Waals surface area contributed by atoms with Crippen molar-refractivity contribution in [2.75, 3.05) is 19.6 Å². The van der Waals surface area contributed by atoms with Crippen molar-refractivity contribution in [3.05, 3.63) is 0 Å². The molecule has 1 heterocycles. The van der Waals surface area contributed by atoms with Crippen LogP contribution in [0.25, 0.3) is 0 Å². The minimum Gasteiger partial charge on any atom is -0.444 e. The summed E-state index contributed by atoms with van der Waals surface area (Å²) in [5.74, 6) is 0.160. The van der Waals surface area contributed by atoms with E-state index in [9.17, 15) is 9.59 Å². The number of amides is 2. The van der Waals surface area contributed by atoms with E-state index in [0.717, 1.165) is 6.42 Å². The van der Waals surface area contributed by atoms with Crippen LogP contribution in [0.5, 0.6) is 0 Å². The van der Waals surface area contributed by atoms with E-state index in [1.165, 1.54) is 0 Å². The van der Waals surface area contributed by atoms with Crippen molar-refractivity contribution < 1.29 is 14.3 Å². The standard InChI is InChI=1S/C13H25N3O3/c1-13(2,3)19-12(18)15-7-4-8-16-10(9-14)5-6-11(16)17/h10H,4-9,14H2,1-3H3,(H,15,18). The third-order valence-electron chi connectivity index (χ3n) is 2.97. The second-order valence-corrected chi connectivity index (χ2v) is 5.80. The van der Waals surface area contributed by atoms with Crippen LogP contribution in [0.1, 0.15) is 40.0 Å². The van der Waals surface area contributed by atoms with Crippen LogP contribution in [0.3, 0.4) is 0 Å². The van der Waals surface area contributed by atoms with Gasteiger partial charge in [0.15, 0.2) is 0 Å². The summed E-state index contributed by atoms with van der Waals surface area (Å²) in [6, 6.07) is 0.161. The molecule has 110 valence electrons. The SMILES string of the molecule is CC(C)(C)OC(=O)NCCCN1C(=O)CCC1CN. The van der Waals surface area contributed by atoms with Crippen LogP contribution in [-0.4, -0.2) is 48.2 Å². The molecule has 0 bridgehead atoms. The van der Waals surface area contributed by atoms with Gasteiger partial charge in [-0.1, -0.05) is 0 Å². The second-order valence-electron chi connectivity index (χ2n) is 5.80. The molecule has 0 spiro atoms. The van der Waals surface area contributed by atoms with Gasteiger partial charge in [0.25, 0.3) is 0 Å². The second kappa shape index (κ2) is 6.75. The fourth-order valence-electron chi connectivity index (χ4n) is 2.10. The minimum atomic E-state index is -0.486. The van der Waals surface area contributed by atoms with Crippen molar-refractivity contribution in [3.8, 4) is 0 Å². The molecule has 2 amide bonds. The zero-order valence-corrected chi connectivity index (χ0v) is 12.1. The molecular weight excluding hydrogens is 246 g/mol. The van der Waals surface area contributed by atoms with Crippen LogP contribution >= 0.6 is 0 Å². The average molecular weight is 271 g/mol. The third kappa shape index (κ3) is 5.46. The van der Waals surface area contributed by atoms with Crippen molar-refractivity contribution in [3.63, 3.8) is 0 Å². The molecule has 0 aromatic carbocycles. The van der Waals surface area contributed by atoms with Crippen LogP contribution < -0.4 is 11.1 Å². The van der Waals surface area contributed by atoms with Crippen LogP contribution in [0.15, 0.2) is 0 Å². The van der Waals surface area contributed by atoms with Crippen LogP contribution in [0.2, 0.25) is 0 Å². The van der Waals surface area contributed by atoms with E-state index in [0.29, 0.717) is 32.5 Å². The summed E-state index contributed by atoms with van der Waals surface area (Å²) in [6.45, 7) is 7.10. The first-order valence-corrected chi connectivity index (χ1v) is 6.80. The fourth-order valence-corrected chi connectivity index (χ4v) is 2.10. The maximum Gasteiger partial charge on any atom is 0.407 e. The van der Waals surface area contributed by atoms with E-state index >= 15 is 0 Å². The van der Waals surface area contributed by atoms with Crippen molar-refractivity contribution in [2.45, 2.75) is 51.7 Å². The number of carbonyl (C=O) groups excluding carboxylic acids is 2. The Kier molecular flexibility index (Phi) is 5.60. The van der Waals surface area contributed by atoms with Gasteiger partial charge in [0.2, 0.25) is 5.91 Å². The largest absolute Gasteiger partial charge is 0.444 e. The van der Waals surface area contributed by atoms with Gasteiger partial charge in [-0.15, -0.1) is 0 Å². The topological polar surface area (TPSA) is 84.7 Å². The Labute approximate surface area is 114 Å². The van der Waals surface area contributed by atoms with Gasteiger partial charge in [-0.25, -0.2) is 4.79 Å². The normalized spacial score (nSPS) is 19.7. The van der Waals surface area contributed by atoms with E-state index in [1.54, 1.807) is 0 Å². The minimum absolute atomic E-state index is 0.160. The Hall–Kier alpha value is -1.30. The number of rotatable bonds is 5. The van der Waals surface area contributed by atoms with E-state index in [2.05, 4.69) is 5.32 Å². The van der Waals surface area contributed by atoms with Crippen molar-refractivity contribution >= 4 is 12.0 Å². The third-order valence-corrected chi connectivity index (χ3v) is 2.97. The highest BCUT2D eigenvalue weighted by atomic mass is 16.6. The first kappa shape index (κ1) is 15.8. The highest BCUT2D eigenvalue weighted by Crippen LogP contribution is 2.17. The lowest BCUT2D eigenvalue weighted by Gasteiger charge is -2.24. The summed E-state index contributed by atoms with van der Waals surface area (Å²) in [5.41, 5.74) is 5.14. The zero-order valence-electron chi connectivity index (χ0n) is 12.1. The van der Waals surface area contributed by atoms with E-state index < -0.39 is 11.7 Å². The van der Waals surface area contributed by atoms with E-state index in [-0.39, 0.29) is 11.9 Å². The predicted octanol–water partition coefficient (Wildman–Crippen LogP) is 0.851. The Bertz CT molecular complexity index is 326. The van der Waals surface area contributed by atoms with Crippen molar-refractivity contribution in [1.29, 1.82) is 0 Å². The Balaban J connectivity index is 2.20. The Morgan fingerprint density at radius 3 is 2.79 bits per heavy atom. The molecule has 19 heavy (non-hydrogen) atoms. The van der Waals surface area contributed by atoms with Crippen molar-refractivity contribution in [1.82, 2.24) is 10.2 Å². The highest BCUT2D eigenvalue weighted by molar-refractivity contribution is 5.78. The lowest BCUT2D eigenvalue weighted by molar-refractivity contribution is -0.128. The number of ether oxygens (including phenoxy) is 1. The quantitative estimate of drug-likeness (QED) is 0.726. The molecule has 0 aromatic heterocycles. The number of hydrogen-bond acceptors (Lipinski definition) is 4. The summed E-state index contributed by atoms with van der Waals surface area (Å²) in [6.07, 6.45) is 1.72. The number of hydrogen-bond donors (Lipinski definition) is 2. The molecule has 1 fully saturated rings. The predicted molar refractivity (Wildman–Crippen MR) is 72.6 cm³/mol. The zero-order chi connectivity index (χ0) is 14.5. The smallest absolute Gasteiger partial charge is 0.407 e. The first-order valence-electron chi connectivity index (χ1n) is 6.80. The van der Waals surface area contributed by atoms with Gasteiger partial charge in [0.05, 0.1) is 0 Å². The average Bonchev–Trinajstić information content (AvgIpc) is 2.63. The number of nitrogens with two attached hydrogens (primary N) is 1. The summed E-state index contributed by atoms with van der Waals surface area (Å²) in [5, 5.41) is 2.68. The van der Waals surface area contributed by atoms with Gasteiger partial charge in [-0.2, -0.15) is 0 Å². The lowest BCUT2D eigenvalue weighted by atomic mass is 10.2. The number of nitrogens with one attached hydrogen (secondary N) is 1. The Morgan fingerprint density at radius 2 is 2.21 bits per heavy atom.